The standard InChI is InChI=1S/C21H21N3O4/c25-20(18-9-10-19(28-18)21(26)27)22-11-14-5-7-15(8-6-14)12-24-13-23-16-3-1-2-4-17(16)24/h1-8,13,18-19H,9-12H2,(H,22,25)(H,26,27)/t18-,19+/m1/s1. The van der Waals surface area contributed by atoms with Crippen molar-refractivity contribution in [2.75, 3.05) is 0 Å². The maximum atomic E-state index is 12.2. The molecule has 0 saturated carbocycles. The Kier molecular flexibility index (Phi) is 5.08. The van der Waals surface area contributed by atoms with Crippen molar-refractivity contribution >= 4 is 22.9 Å². The minimum atomic E-state index is -1.02. The summed E-state index contributed by atoms with van der Waals surface area (Å²) in [5.41, 5.74) is 4.18. The Hall–Kier alpha value is -3.19. The number of carboxylic acid groups (broad SMARTS) is 1. The summed E-state index contributed by atoms with van der Waals surface area (Å²) in [6.45, 7) is 1.10. The van der Waals surface area contributed by atoms with Crippen molar-refractivity contribution in [2.24, 2.45) is 0 Å². The largest absolute Gasteiger partial charge is 0.479 e. The number of para-hydroxylation sites is 2. The number of hydrogen-bond acceptors (Lipinski definition) is 4. The zero-order valence-corrected chi connectivity index (χ0v) is 15.2. The van der Waals surface area contributed by atoms with Crippen molar-refractivity contribution in [1.29, 1.82) is 0 Å². The molecule has 3 aromatic rings. The number of fused-ring (bicyclic) bond motifs is 1. The van der Waals surface area contributed by atoms with Gasteiger partial charge in [-0.15, -0.1) is 0 Å². The molecule has 28 heavy (non-hydrogen) atoms. The normalized spacial score (nSPS) is 19.0. The Morgan fingerprint density at radius 1 is 1.07 bits per heavy atom. The van der Waals surface area contributed by atoms with Crippen LogP contribution in [0.5, 0.6) is 0 Å². The van der Waals surface area contributed by atoms with Crippen LogP contribution >= 0.6 is 0 Å². The van der Waals surface area contributed by atoms with E-state index in [1.165, 1.54) is 0 Å². The number of nitrogens with zero attached hydrogens (tertiary/aromatic N) is 2. The predicted molar refractivity (Wildman–Crippen MR) is 103 cm³/mol. The summed E-state index contributed by atoms with van der Waals surface area (Å²) in [6, 6.07) is 16.0. The van der Waals surface area contributed by atoms with E-state index in [0.717, 1.165) is 28.7 Å². The van der Waals surface area contributed by atoms with Crippen molar-refractivity contribution in [3.63, 3.8) is 0 Å². The molecule has 1 fully saturated rings. The molecular formula is C21H21N3O4. The average Bonchev–Trinajstić information content (AvgIpc) is 3.35. The van der Waals surface area contributed by atoms with E-state index in [1.807, 2.05) is 54.9 Å². The smallest absolute Gasteiger partial charge is 0.332 e. The number of carbonyl (C=O) groups is 2. The summed E-state index contributed by atoms with van der Waals surface area (Å²) >= 11 is 0. The van der Waals surface area contributed by atoms with Crippen LogP contribution in [0.15, 0.2) is 54.9 Å². The molecule has 2 atom stereocenters. The lowest BCUT2D eigenvalue weighted by Crippen LogP contribution is -2.35. The number of amides is 1. The lowest BCUT2D eigenvalue weighted by molar-refractivity contribution is -0.151. The van der Waals surface area contributed by atoms with Crippen molar-refractivity contribution in [3.05, 3.63) is 66.0 Å². The number of carboxylic acids is 1. The number of imidazole rings is 1. The Balaban J connectivity index is 1.32. The minimum absolute atomic E-state index is 0.266. The molecule has 7 heteroatoms. The Labute approximate surface area is 162 Å². The molecule has 4 rings (SSSR count). The number of benzene rings is 2. The van der Waals surface area contributed by atoms with Gasteiger partial charge >= 0.3 is 5.97 Å². The third-order valence-electron chi connectivity index (χ3n) is 4.96. The van der Waals surface area contributed by atoms with Crippen LogP contribution in [0.3, 0.4) is 0 Å². The van der Waals surface area contributed by atoms with Gasteiger partial charge in [0.2, 0.25) is 5.91 Å². The first-order chi connectivity index (χ1) is 13.6. The van der Waals surface area contributed by atoms with E-state index in [2.05, 4.69) is 14.9 Å². The van der Waals surface area contributed by atoms with Gasteiger partial charge in [0.05, 0.1) is 17.4 Å². The minimum Gasteiger partial charge on any atom is -0.479 e. The number of aromatic nitrogens is 2. The van der Waals surface area contributed by atoms with Gasteiger partial charge < -0.3 is 19.7 Å². The summed E-state index contributed by atoms with van der Waals surface area (Å²) in [5.74, 6) is -1.28. The molecular weight excluding hydrogens is 358 g/mol. The topological polar surface area (TPSA) is 93.4 Å². The van der Waals surface area contributed by atoms with Crippen molar-refractivity contribution in [3.8, 4) is 0 Å². The van der Waals surface area contributed by atoms with Crippen LogP contribution in [0.1, 0.15) is 24.0 Å². The molecule has 0 unspecified atom stereocenters. The second kappa shape index (κ2) is 7.82. The zero-order valence-electron chi connectivity index (χ0n) is 15.2. The van der Waals surface area contributed by atoms with Gasteiger partial charge in [0.1, 0.15) is 6.10 Å². The molecule has 0 radical (unpaired) electrons. The monoisotopic (exact) mass is 379 g/mol. The van der Waals surface area contributed by atoms with Crippen LogP contribution in [0, 0.1) is 0 Å². The SMILES string of the molecule is O=C(O)[C@@H]1CC[C@H](C(=O)NCc2ccc(Cn3cnc4ccccc43)cc2)O1. The Bertz CT molecular complexity index is 996. The van der Waals surface area contributed by atoms with E-state index in [1.54, 1.807) is 0 Å². The molecule has 0 spiro atoms. The third-order valence-corrected chi connectivity index (χ3v) is 4.96. The fraction of sp³-hybridized carbons (Fsp3) is 0.286. The second-order valence-corrected chi connectivity index (χ2v) is 6.92. The van der Waals surface area contributed by atoms with Gasteiger partial charge in [-0.2, -0.15) is 0 Å². The first kappa shape index (κ1) is 18.2. The lowest BCUT2D eigenvalue weighted by Gasteiger charge is -2.12. The Morgan fingerprint density at radius 2 is 1.79 bits per heavy atom. The second-order valence-electron chi connectivity index (χ2n) is 6.92. The Morgan fingerprint density at radius 3 is 2.54 bits per heavy atom. The van der Waals surface area contributed by atoms with E-state index in [-0.39, 0.29) is 5.91 Å². The number of rotatable bonds is 6. The fourth-order valence-electron chi connectivity index (χ4n) is 3.41. The number of carbonyl (C=O) groups excluding carboxylic acids is 1. The quantitative estimate of drug-likeness (QED) is 0.686. The lowest BCUT2D eigenvalue weighted by atomic mass is 10.1. The highest BCUT2D eigenvalue weighted by Crippen LogP contribution is 2.20. The van der Waals surface area contributed by atoms with Gasteiger partial charge in [-0.25, -0.2) is 9.78 Å². The molecule has 2 heterocycles. The van der Waals surface area contributed by atoms with Gasteiger partial charge in [-0.05, 0) is 36.1 Å². The first-order valence-corrected chi connectivity index (χ1v) is 9.24. The molecule has 1 saturated heterocycles. The highest BCUT2D eigenvalue weighted by Gasteiger charge is 2.34. The first-order valence-electron chi connectivity index (χ1n) is 9.24. The summed E-state index contributed by atoms with van der Waals surface area (Å²) < 4.78 is 7.37. The summed E-state index contributed by atoms with van der Waals surface area (Å²) in [7, 11) is 0. The molecule has 1 amide bonds. The van der Waals surface area contributed by atoms with Crippen LogP contribution in [0.4, 0.5) is 0 Å². The average molecular weight is 379 g/mol. The number of ether oxygens (including phenoxy) is 1. The molecule has 7 nitrogen and oxygen atoms in total. The summed E-state index contributed by atoms with van der Waals surface area (Å²) in [6.07, 6.45) is 1.07. The highest BCUT2D eigenvalue weighted by atomic mass is 16.5. The summed E-state index contributed by atoms with van der Waals surface area (Å²) in [4.78, 5) is 27.5. The molecule has 0 bridgehead atoms. The van der Waals surface area contributed by atoms with Gasteiger partial charge in [0.15, 0.2) is 6.10 Å². The number of hydrogen-bond donors (Lipinski definition) is 2. The molecule has 0 aliphatic carbocycles. The molecule has 1 aromatic heterocycles. The van der Waals surface area contributed by atoms with Crippen LogP contribution in [0.25, 0.3) is 11.0 Å². The van der Waals surface area contributed by atoms with Crippen molar-refractivity contribution in [2.45, 2.75) is 38.1 Å². The van der Waals surface area contributed by atoms with Crippen molar-refractivity contribution in [1.82, 2.24) is 14.9 Å². The molecule has 1 aliphatic rings. The van der Waals surface area contributed by atoms with Crippen LogP contribution in [-0.4, -0.2) is 38.7 Å². The zero-order chi connectivity index (χ0) is 19.5. The molecule has 1 aliphatic heterocycles. The van der Waals surface area contributed by atoms with Gasteiger partial charge in [-0.1, -0.05) is 36.4 Å². The van der Waals surface area contributed by atoms with E-state index in [0.29, 0.717) is 19.4 Å². The van der Waals surface area contributed by atoms with Crippen LogP contribution in [0.2, 0.25) is 0 Å². The number of nitrogens with one attached hydrogen (secondary N) is 1. The third kappa shape index (κ3) is 3.89. The van der Waals surface area contributed by atoms with E-state index < -0.39 is 18.2 Å². The van der Waals surface area contributed by atoms with Gasteiger partial charge in [0.25, 0.3) is 0 Å². The predicted octanol–water partition coefficient (Wildman–Crippen LogP) is 2.33. The summed E-state index contributed by atoms with van der Waals surface area (Å²) in [5, 5.41) is 11.8. The van der Waals surface area contributed by atoms with Crippen LogP contribution in [-0.2, 0) is 27.4 Å². The molecule has 144 valence electrons. The number of aliphatic carboxylic acids is 1. The van der Waals surface area contributed by atoms with E-state index >= 15 is 0 Å². The fourth-order valence-corrected chi connectivity index (χ4v) is 3.41. The maximum Gasteiger partial charge on any atom is 0.332 e. The molecule has 2 aromatic carbocycles. The van der Waals surface area contributed by atoms with E-state index in [9.17, 15) is 9.59 Å². The molecule has 2 N–H and O–H groups in total. The van der Waals surface area contributed by atoms with Gasteiger partial charge in [0, 0.05) is 13.1 Å². The van der Waals surface area contributed by atoms with Gasteiger partial charge in [-0.3, -0.25) is 4.79 Å². The van der Waals surface area contributed by atoms with Crippen LogP contribution < -0.4 is 5.32 Å². The van der Waals surface area contributed by atoms with E-state index in [4.69, 9.17) is 9.84 Å². The van der Waals surface area contributed by atoms with Crippen molar-refractivity contribution < 1.29 is 19.4 Å². The highest BCUT2D eigenvalue weighted by molar-refractivity contribution is 5.82. The maximum absolute atomic E-state index is 12.2.